The molecule has 0 radical (unpaired) electrons. The van der Waals surface area contributed by atoms with Gasteiger partial charge >= 0.3 is 0 Å². The summed E-state index contributed by atoms with van der Waals surface area (Å²) >= 11 is 0. The summed E-state index contributed by atoms with van der Waals surface area (Å²) in [5, 5.41) is 10.3. The minimum absolute atomic E-state index is 0.0823. The third-order valence-corrected chi connectivity index (χ3v) is 12.4. The molecular weight excluding hydrogens is 472 g/mol. The fourth-order valence-corrected chi connectivity index (χ4v) is 10.2. The van der Waals surface area contributed by atoms with Crippen LogP contribution >= 0.6 is 0 Å². The van der Waals surface area contributed by atoms with Crippen molar-refractivity contribution in [3.8, 4) is 0 Å². The highest BCUT2D eigenvalue weighted by molar-refractivity contribution is 5.94. The minimum atomic E-state index is -0.0823. The van der Waals surface area contributed by atoms with E-state index in [1.807, 2.05) is 12.1 Å². The molecule has 0 unspecified atom stereocenters. The maximum atomic E-state index is 13.8. The number of anilines is 1. The van der Waals surface area contributed by atoms with Gasteiger partial charge in [-0.25, -0.2) is 0 Å². The zero-order valence-electron chi connectivity index (χ0n) is 23.8. The molecule has 5 fully saturated rings. The average Bonchev–Trinajstić information content (AvgIpc) is 3.27. The highest BCUT2D eigenvalue weighted by Gasteiger charge is 2.61. The Balaban J connectivity index is 1.06. The molecule has 1 aromatic carbocycles. The first-order valence-electron chi connectivity index (χ1n) is 15.5. The van der Waals surface area contributed by atoms with Crippen molar-refractivity contribution in [3.05, 3.63) is 29.8 Å². The van der Waals surface area contributed by atoms with Gasteiger partial charge in [0.05, 0.1) is 12.6 Å². The Morgan fingerprint density at radius 2 is 1.55 bits per heavy atom. The predicted molar refractivity (Wildman–Crippen MR) is 151 cm³/mol. The van der Waals surface area contributed by atoms with Crippen LogP contribution in [0.3, 0.4) is 0 Å². The van der Waals surface area contributed by atoms with Gasteiger partial charge in [-0.3, -0.25) is 14.5 Å². The maximum absolute atomic E-state index is 13.8. The Kier molecular flexibility index (Phi) is 7.00. The Morgan fingerprint density at radius 3 is 2.26 bits per heavy atom. The van der Waals surface area contributed by atoms with E-state index >= 15 is 0 Å². The van der Waals surface area contributed by atoms with Crippen molar-refractivity contribution < 1.29 is 14.7 Å². The van der Waals surface area contributed by atoms with E-state index in [1.165, 1.54) is 44.2 Å². The molecule has 0 spiro atoms. The number of Topliss-reactive ketones (excluding diaryl/α,β-unsaturated/α-hetero) is 2. The Hall–Kier alpha value is -1.72. The van der Waals surface area contributed by atoms with E-state index in [9.17, 15) is 14.7 Å². The number of fused-ring (bicyclic) bond motifs is 5. The van der Waals surface area contributed by atoms with E-state index in [4.69, 9.17) is 0 Å². The molecule has 5 aliphatic rings. The van der Waals surface area contributed by atoms with Crippen LogP contribution in [0, 0.1) is 40.4 Å². The molecule has 8 atom stereocenters. The van der Waals surface area contributed by atoms with Gasteiger partial charge in [0, 0.05) is 43.3 Å². The SMILES string of the molecule is CC(=O)c1ccc(N2CCN(CC(=O)[C@H]3CC[C@H]4[C@@H]5CC[C@@H]6C[C@H](O)CC[C@]6(C)[C@H]5CC[C@]34C)CC2)cc1. The first-order chi connectivity index (χ1) is 18.2. The van der Waals surface area contributed by atoms with Crippen molar-refractivity contribution >= 4 is 17.3 Å². The molecule has 0 bridgehead atoms. The summed E-state index contributed by atoms with van der Waals surface area (Å²) in [6.07, 6.45) is 10.5. The van der Waals surface area contributed by atoms with Crippen LogP contribution in [0.15, 0.2) is 24.3 Å². The van der Waals surface area contributed by atoms with Gasteiger partial charge in [-0.15, -0.1) is 0 Å². The fraction of sp³-hybridized carbons (Fsp3) is 0.758. The van der Waals surface area contributed by atoms with E-state index in [0.717, 1.165) is 62.8 Å². The zero-order valence-corrected chi connectivity index (χ0v) is 23.8. The second-order valence-corrected chi connectivity index (χ2v) is 14.1. The Morgan fingerprint density at radius 1 is 0.868 bits per heavy atom. The summed E-state index contributed by atoms with van der Waals surface area (Å²) in [5.41, 5.74) is 2.50. The summed E-state index contributed by atoms with van der Waals surface area (Å²) in [4.78, 5) is 30.1. The van der Waals surface area contributed by atoms with Crippen molar-refractivity contribution in [2.24, 2.45) is 40.4 Å². The monoisotopic (exact) mass is 520 g/mol. The third kappa shape index (κ3) is 4.46. The molecule has 1 aliphatic heterocycles. The minimum Gasteiger partial charge on any atom is -0.393 e. The third-order valence-electron chi connectivity index (χ3n) is 12.4. The van der Waals surface area contributed by atoms with E-state index in [1.54, 1.807) is 6.92 Å². The van der Waals surface area contributed by atoms with Crippen LogP contribution in [0.4, 0.5) is 5.69 Å². The first kappa shape index (κ1) is 26.5. The number of aliphatic hydroxyl groups is 1. The normalized spacial score (nSPS) is 41.2. The lowest BCUT2D eigenvalue weighted by Crippen LogP contribution is -2.55. The van der Waals surface area contributed by atoms with Crippen LogP contribution in [-0.4, -0.2) is 60.4 Å². The highest BCUT2D eigenvalue weighted by Crippen LogP contribution is 2.67. The molecule has 1 aromatic rings. The van der Waals surface area contributed by atoms with Crippen molar-refractivity contribution in [3.63, 3.8) is 0 Å². The molecular formula is C33H48N2O3. The second kappa shape index (κ2) is 10.0. The number of rotatable bonds is 5. The average molecular weight is 521 g/mol. The van der Waals surface area contributed by atoms with Crippen LogP contribution in [0.1, 0.15) is 88.9 Å². The van der Waals surface area contributed by atoms with Gasteiger partial charge in [-0.05, 0) is 123 Å². The van der Waals surface area contributed by atoms with Gasteiger partial charge in [0.1, 0.15) is 5.78 Å². The van der Waals surface area contributed by atoms with E-state index in [-0.39, 0.29) is 23.2 Å². The van der Waals surface area contributed by atoms with Gasteiger partial charge in [-0.1, -0.05) is 13.8 Å². The lowest BCUT2D eigenvalue weighted by Gasteiger charge is -2.60. The number of aliphatic hydroxyl groups excluding tert-OH is 1. The van der Waals surface area contributed by atoms with Gasteiger partial charge in [0.15, 0.2) is 5.78 Å². The van der Waals surface area contributed by atoms with Crippen LogP contribution in [-0.2, 0) is 4.79 Å². The molecule has 5 heteroatoms. The molecule has 1 saturated heterocycles. The maximum Gasteiger partial charge on any atom is 0.159 e. The number of carbonyl (C=O) groups is 2. The summed E-state index contributed by atoms with van der Waals surface area (Å²) < 4.78 is 0. The molecule has 4 saturated carbocycles. The van der Waals surface area contributed by atoms with E-state index in [0.29, 0.717) is 29.6 Å². The lowest BCUT2D eigenvalue weighted by molar-refractivity contribution is -0.140. The quantitative estimate of drug-likeness (QED) is 0.512. The van der Waals surface area contributed by atoms with Gasteiger partial charge < -0.3 is 10.0 Å². The first-order valence-corrected chi connectivity index (χ1v) is 15.5. The fourth-order valence-electron chi connectivity index (χ4n) is 10.2. The summed E-state index contributed by atoms with van der Waals surface area (Å²) in [6.45, 7) is 10.9. The summed E-state index contributed by atoms with van der Waals surface area (Å²) in [6, 6.07) is 7.95. The molecule has 208 valence electrons. The number of nitrogens with zero attached hydrogens (tertiary/aromatic N) is 2. The van der Waals surface area contributed by atoms with Crippen LogP contribution in [0.2, 0.25) is 0 Å². The Bertz CT molecular complexity index is 1050. The van der Waals surface area contributed by atoms with Crippen molar-refractivity contribution in [1.29, 1.82) is 0 Å². The second-order valence-electron chi connectivity index (χ2n) is 14.1. The molecule has 4 aliphatic carbocycles. The van der Waals surface area contributed by atoms with Gasteiger partial charge in [0.25, 0.3) is 0 Å². The lowest BCUT2D eigenvalue weighted by atomic mass is 9.44. The summed E-state index contributed by atoms with van der Waals surface area (Å²) in [7, 11) is 0. The largest absolute Gasteiger partial charge is 0.393 e. The number of benzene rings is 1. The van der Waals surface area contributed by atoms with Crippen molar-refractivity contribution in [2.45, 2.75) is 84.7 Å². The van der Waals surface area contributed by atoms with E-state index < -0.39 is 0 Å². The molecule has 1 heterocycles. The molecule has 0 amide bonds. The smallest absolute Gasteiger partial charge is 0.159 e. The highest BCUT2D eigenvalue weighted by atomic mass is 16.3. The standard InChI is InChI=1S/C33H48N2O3/c1-22(36)23-4-7-25(8-5-23)35-18-16-34(17-19-35)21-31(38)30-11-10-28-27-9-6-24-20-26(37)12-14-32(24,2)29(27)13-15-33(28,30)3/h4-5,7-8,24,26-30,37H,6,9-21H2,1-3H3/t24-,26-,27+,28+,29+,30-,32+,33+/m1/s1. The Labute approximate surface area is 229 Å². The van der Waals surface area contributed by atoms with Crippen molar-refractivity contribution in [1.82, 2.24) is 4.90 Å². The predicted octanol–water partition coefficient (Wildman–Crippen LogP) is 5.60. The van der Waals surface area contributed by atoms with Crippen molar-refractivity contribution in [2.75, 3.05) is 37.6 Å². The number of carbonyl (C=O) groups excluding carboxylic acids is 2. The molecule has 5 nitrogen and oxygen atoms in total. The van der Waals surface area contributed by atoms with Crippen LogP contribution in [0.5, 0.6) is 0 Å². The number of hydrogen-bond donors (Lipinski definition) is 1. The van der Waals surface area contributed by atoms with E-state index in [2.05, 4.69) is 35.8 Å². The van der Waals surface area contributed by atoms with Crippen LogP contribution in [0.25, 0.3) is 0 Å². The zero-order chi connectivity index (χ0) is 26.7. The number of ketones is 2. The molecule has 0 aromatic heterocycles. The topological polar surface area (TPSA) is 60.9 Å². The molecule has 38 heavy (non-hydrogen) atoms. The number of piperazine rings is 1. The molecule has 1 N–H and O–H groups in total. The van der Waals surface area contributed by atoms with Gasteiger partial charge in [0.2, 0.25) is 0 Å². The van der Waals surface area contributed by atoms with Crippen LogP contribution < -0.4 is 4.90 Å². The van der Waals surface area contributed by atoms with Gasteiger partial charge in [-0.2, -0.15) is 0 Å². The molecule has 6 rings (SSSR count). The number of hydrogen-bond acceptors (Lipinski definition) is 5. The summed E-state index contributed by atoms with van der Waals surface area (Å²) in [5.74, 6) is 3.79.